The van der Waals surface area contributed by atoms with Crippen LogP contribution in [0, 0.1) is 3.57 Å². The minimum Gasteiger partial charge on any atom is -0.397 e. The number of benzene rings is 21. The fourth-order valence-electron chi connectivity index (χ4n) is 17.9. The molecule has 4 nitrogen and oxygen atoms in total. The highest BCUT2D eigenvalue weighted by Crippen LogP contribution is 2.51. The largest absolute Gasteiger partial charge is 0.397 e. The van der Waals surface area contributed by atoms with Gasteiger partial charge in [0.2, 0.25) is 0 Å². The van der Waals surface area contributed by atoms with E-state index in [1.165, 1.54) is 185 Å². The molecule has 0 unspecified atom stereocenters. The predicted octanol–water partition coefficient (Wildman–Crippen LogP) is 39.4. The number of fused-ring (bicyclic) bond motifs is 26. The van der Waals surface area contributed by atoms with Gasteiger partial charge in [-0.1, -0.05) is 421 Å². The van der Waals surface area contributed by atoms with Gasteiger partial charge >= 0.3 is 0 Å². The highest BCUT2D eigenvalue weighted by molar-refractivity contribution is 14.1. The van der Waals surface area contributed by atoms with Crippen LogP contribution >= 0.6 is 179 Å². The molecule has 6 aromatic heterocycles. The zero-order chi connectivity index (χ0) is 91.7. The molecule has 0 aliphatic carbocycles. The molecular formula is C118H75Br5Cl2IN4PS4. The van der Waals surface area contributed by atoms with Crippen molar-refractivity contribution in [1.29, 1.82) is 0 Å². The van der Waals surface area contributed by atoms with Crippen molar-refractivity contribution in [3.05, 3.63) is 467 Å². The van der Waals surface area contributed by atoms with Crippen molar-refractivity contribution in [1.82, 2.24) is 9.55 Å². The number of thiophene rings is 4. The maximum absolute atomic E-state index is 6.55. The summed E-state index contributed by atoms with van der Waals surface area (Å²) in [5.41, 5.74) is 14.7. The van der Waals surface area contributed by atoms with Gasteiger partial charge in [-0.05, 0) is 181 Å². The minimum absolute atomic E-state index is 0.446. The normalized spacial score (nSPS) is 11.4. The number of rotatable bonds is 6. The third-order valence-electron chi connectivity index (χ3n) is 24.0. The maximum atomic E-state index is 6.55. The highest BCUT2D eigenvalue weighted by atomic mass is 127. The maximum Gasteiger partial charge on any atom is 0.0720 e. The van der Waals surface area contributed by atoms with Gasteiger partial charge in [-0.15, -0.1) is 45.3 Å². The second kappa shape index (κ2) is 40.3. The van der Waals surface area contributed by atoms with Crippen LogP contribution in [0.1, 0.15) is 0 Å². The molecule has 0 saturated heterocycles. The molecule has 0 spiro atoms. The van der Waals surface area contributed by atoms with Gasteiger partial charge in [0, 0.05) is 137 Å². The van der Waals surface area contributed by atoms with Crippen LogP contribution in [0.5, 0.6) is 0 Å². The smallest absolute Gasteiger partial charge is 0.0720 e. The van der Waals surface area contributed by atoms with Crippen LogP contribution in [0.25, 0.3) is 173 Å². The SMILES string of the molecule is Brc1cc2c3ccc4ccccc4c3[nH]c2c2sc3ccccc3c12.Brc1cc2c3ccc4ccccc4c3n(-c3ccccc3)c2c2sc3ccccc3c12.Brc1ccc(Br)c2c1sc1ccccc12.Clc1ccc2ccccc2c1Nc1ccc(Br)c2c1sc1ccccc12.Ic1ccccc1.Nc1c(Cl)ccc2ccccc12.c1ccc(P(c2ccccc2)c2ccccc2)cc1. The lowest BCUT2D eigenvalue weighted by Crippen LogP contribution is -2.20. The average molecular weight is 2310 g/mol. The third-order valence-corrected chi connectivity index (χ3v) is 36.1. The molecule has 0 aliphatic heterocycles. The topological polar surface area (TPSA) is 58.8 Å². The predicted molar refractivity (Wildman–Crippen MR) is 624 cm³/mol. The molecule has 0 radical (unpaired) electrons. The summed E-state index contributed by atoms with van der Waals surface area (Å²) >= 11 is 40.7. The van der Waals surface area contributed by atoms with Gasteiger partial charge in [-0.25, -0.2) is 0 Å². The van der Waals surface area contributed by atoms with Crippen LogP contribution in [-0.2, 0) is 0 Å². The van der Waals surface area contributed by atoms with Crippen LogP contribution in [0.3, 0.4) is 0 Å². The minimum atomic E-state index is -0.446. The van der Waals surface area contributed by atoms with Gasteiger partial charge in [0.25, 0.3) is 0 Å². The quantitative estimate of drug-likeness (QED) is 0.0883. The lowest BCUT2D eigenvalue weighted by molar-refractivity contribution is 1.19. The lowest BCUT2D eigenvalue weighted by atomic mass is 10.0. The third kappa shape index (κ3) is 18.1. The lowest BCUT2D eigenvalue weighted by Gasteiger charge is -2.18. The van der Waals surface area contributed by atoms with Crippen LogP contribution < -0.4 is 27.0 Å². The summed E-state index contributed by atoms with van der Waals surface area (Å²) in [5, 5.41) is 34.2. The van der Waals surface area contributed by atoms with Gasteiger partial charge in [0.1, 0.15) is 0 Å². The fourth-order valence-corrected chi connectivity index (χ4v) is 29.3. The molecule has 0 saturated carbocycles. The van der Waals surface area contributed by atoms with E-state index in [0.29, 0.717) is 10.7 Å². The van der Waals surface area contributed by atoms with E-state index in [9.17, 15) is 0 Å². The summed E-state index contributed by atoms with van der Waals surface area (Å²) < 4.78 is 20.0. The molecule has 135 heavy (non-hydrogen) atoms. The number of nitrogens with two attached hydrogens (primary N) is 1. The van der Waals surface area contributed by atoms with Crippen molar-refractivity contribution in [2.45, 2.75) is 0 Å². The number of halogens is 8. The molecule has 0 fully saturated rings. The summed E-state index contributed by atoms with van der Waals surface area (Å²) in [6.45, 7) is 0. The fraction of sp³-hybridized carbons (Fsp3) is 0. The molecule has 21 aromatic carbocycles. The summed E-state index contributed by atoms with van der Waals surface area (Å²) in [5.74, 6) is 0. The average Bonchev–Trinajstić information content (AvgIpc) is 1.54. The molecule has 17 heteroatoms. The van der Waals surface area contributed by atoms with Crippen LogP contribution in [-0.4, -0.2) is 9.55 Å². The van der Waals surface area contributed by atoms with Crippen LogP contribution in [0.4, 0.5) is 17.1 Å². The van der Waals surface area contributed by atoms with E-state index in [1.807, 2.05) is 107 Å². The Hall–Kier alpha value is -11.1. The Morgan fingerprint density at radius 1 is 0.281 bits per heavy atom. The molecule has 4 N–H and O–H groups in total. The monoisotopic (exact) mass is 2300 g/mol. The van der Waals surface area contributed by atoms with Crippen molar-refractivity contribution in [2.24, 2.45) is 0 Å². The van der Waals surface area contributed by atoms with Crippen LogP contribution in [0.2, 0.25) is 10.0 Å². The standard InChI is InChI=1S/C28H16BrNS.C22H13BrClNS.C22H12BrNS.C18H15P.C12H6Br2S.C10H8ClN.C6H5I/c29-23-16-22-20-15-14-17-8-4-5-11-19(17)26(20)30(18-9-2-1-3-10-18)27(22)28-25(23)21-12-6-7-13-24(21)31-28;23-16-10-12-18(22-20(16)15-7-3-4-8-19(15)26-22)25-21-14-6-2-1-5-13(14)9-11-17(21)24;23-17-11-16-14-10-9-12-5-1-2-6-13(12)20(14)24-21(16)22-19(17)15-7-3-4-8-18(15)25-22;1-4-10-16(11-5-1)19(17-12-6-2-7-13-17)18-14-8-3-9-15-18;13-8-5-6-9(14)12-11(8)7-3-1-2-4-10(7)15-12;11-9-6-5-7-3-1-2-4-8(7)10(9)12;7-6-4-2-1-3-5-6/h1-16H;1-12,25H;1-11,24H;1-15H;1-6H;1-6H,12H2;1-5H. The van der Waals surface area contributed by atoms with E-state index in [-0.39, 0.29) is 0 Å². The molecule has 27 aromatic rings. The number of para-hydroxylation sites is 1. The van der Waals surface area contributed by atoms with E-state index in [0.717, 1.165) is 46.0 Å². The molecule has 0 atom stereocenters. The van der Waals surface area contributed by atoms with Crippen molar-refractivity contribution in [3.8, 4) is 5.69 Å². The van der Waals surface area contributed by atoms with Crippen molar-refractivity contribution >= 4 is 379 Å². The Bertz CT molecular complexity index is 9040. The highest BCUT2D eigenvalue weighted by Gasteiger charge is 2.24. The number of hydrogen-bond donors (Lipinski definition) is 3. The first-order valence-corrected chi connectivity index (χ1v) is 54.0. The number of nitrogen functional groups attached to an aromatic ring is 1. The molecule has 0 bridgehead atoms. The molecule has 27 rings (SSSR count). The van der Waals surface area contributed by atoms with Gasteiger partial charge < -0.3 is 20.6 Å². The number of aromatic nitrogens is 2. The first-order chi connectivity index (χ1) is 66.2. The van der Waals surface area contributed by atoms with E-state index < -0.39 is 7.92 Å². The molecule has 0 amide bonds. The number of hydrogen-bond acceptors (Lipinski definition) is 6. The summed E-state index contributed by atoms with van der Waals surface area (Å²) in [6.07, 6.45) is 0. The molecule has 6 heterocycles. The summed E-state index contributed by atoms with van der Waals surface area (Å²) in [7, 11) is -0.446. The van der Waals surface area contributed by atoms with Crippen molar-refractivity contribution < 1.29 is 0 Å². The Kier molecular flexibility index (Phi) is 27.0. The number of H-pyrrole nitrogens is 1. The second-order valence-electron chi connectivity index (χ2n) is 32.1. The second-order valence-corrected chi connectivity index (χ2v) is 44.9. The number of aromatic amines is 1. The Balaban J connectivity index is 0.0000000977. The first-order valence-electron chi connectivity index (χ1n) is 43.6. The van der Waals surface area contributed by atoms with E-state index >= 15 is 0 Å². The summed E-state index contributed by atoms with van der Waals surface area (Å²) in [6, 6.07) is 151. The Morgan fingerprint density at radius 2 is 0.652 bits per heavy atom. The van der Waals surface area contributed by atoms with E-state index in [1.54, 1.807) is 11.3 Å². The van der Waals surface area contributed by atoms with Gasteiger partial charge in [0.15, 0.2) is 0 Å². The van der Waals surface area contributed by atoms with Crippen molar-refractivity contribution in [3.63, 3.8) is 0 Å². The number of nitrogens with one attached hydrogen (secondary N) is 2. The summed E-state index contributed by atoms with van der Waals surface area (Å²) in [4.78, 5) is 3.74. The molecule has 652 valence electrons. The Morgan fingerprint density at radius 3 is 1.19 bits per heavy atom. The van der Waals surface area contributed by atoms with E-state index in [2.05, 4.69) is 475 Å². The first kappa shape index (κ1) is 90.4. The zero-order valence-corrected chi connectivity index (χ0v) is 87.4. The van der Waals surface area contributed by atoms with Crippen molar-refractivity contribution in [2.75, 3.05) is 11.1 Å². The number of anilines is 3. The van der Waals surface area contributed by atoms with E-state index in [4.69, 9.17) is 28.9 Å². The van der Waals surface area contributed by atoms with Gasteiger partial charge in [0.05, 0.1) is 68.0 Å². The number of nitrogens with zero attached hydrogens (tertiary/aromatic N) is 1. The molecule has 0 aliphatic rings. The zero-order valence-electron chi connectivity index (χ0n) is 71.6. The van der Waals surface area contributed by atoms with Gasteiger partial charge in [-0.3, -0.25) is 0 Å². The molecular weight excluding hydrogens is 2230 g/mol. The van der Waals surface area contributed by atoms with Gasteiger partial charge in [-0.2, -0.15) is 0 Å². The Labute approximate surface area is 862 Å². The van der Waals surface area contributed by atoms with Crippen LogP contribution in [0.15, 0.2) is 453 Å².